The summed E-state index contributed by atoms with van der Waals surface area (Å²) in [5.41, 5.74) is 2.04. The Morgan fingerprint density at radius 3 is 2.44 bits per heavy atom. The van der Waals surface area contributed by atoms with Gasteiger partial charge >= 0.3 is 0 Å². The van der Waals surface area contributed by atoms with Crippen molar-refractivity contribution in [3.05, 3.63) is 35.4 Å². The predicted molar refractivity (Wildman–Crippen MR) is 84.8 cm³/mol. The van der Waals surface area contributed by atoms with E-state index in [4.69, 9.17) is 0 Å². The summed E-state index contributed by atoms with van der Waals surface area (Å²) in [4.78, 5) is 12.3. The molecule has 3 heteroatoms. The summed E-state index contributed by atoms with van der Waals surface area (Å²) in [7, 11) is 0. The molecule has 0 aliphatic carbocycles. The van der Waals surface area contributed by atoms with E-state index in [1.807, 2.05) is 30.0 Å². The third-order valence-electron chi connectivity index (χ3n) is 2.55. The molecule has 0 bridgehead atoms. The zero-order valence-electron chi connectivity index (χ0n) is 11.8. The molecule has 0 aromatic heterocycles. The Kier molecular flexibility index (Phi) is 5.80. The highest BCUT2D eigenvalue weighted by molar-refractivity contribution is 8.15. The van der Waals surface area contributed by atoms with Gasteiger partial charge in [0.2, 0.25) is 5.12 Å². The van der Waals surface area contributed by atoms with E-state index in [1.165, 1.54) is 17.3 Å². The van der Waals surface area contributed by atoms with E-state index in [9.17, 15) is 4.79 Å². The summed E-state index contributed by atoms with van der Waals surface area (Å²) >= 11 is 3.25. The average Bonchev–Trinajstić information content (AvgIpc) is 2.27. The van der Waals surface area contributed by atoms with Crippen LogP contribution in [0.5, 0.6) is 0 Å². The number of carbonyl (C=O) groups excluding carboxylic acids is 1. The van der Waals surface area contributed by atoms with Gasteiger partial charge in [0.1, 0.15) is 0 Å². The first kappa shape index (κ1) is 15.6. The fraction of sp³-hybridized carbons (Fsp3) is 0.533. The highest BCUT2D eigenvalue weighted by atomic mass is 32.2. The van der Waals surface area contributed by atoms with Gasteiger partial charge in [0.15, 0.2) is 0 Å². The van der Waals surface area contributed by atoms with Crippen molar-refractivity contribution >= 4 is 28.6 Å². The minimum Gasteiger partial charge on any atom is -0.282 e. The van der Waals surface area contributed by atoms with Crippen LogP contribution in [0.3, 0.4) is 0 Å². The van der Waals surface area contributed by atoms with Crippen molar-refractivity contribution in [1.82, 2.24) is 0 Å². The maximum absolute atomic E-state index is 12.3. The van der Waals surface area contributed by atoms with Crippen LogP contribution in [0, 0.1) is 0 Å². The van der Waals surface area contributed by atoms with Gasteiger partial charge in [-0.1, -0.05) is 63.7 Å². The Morgan fingerprint density at radius 2 is 1.89 bits per heavy atom. The summed E-state index contributed by atoms with van der Waals surface area (Å²) in [6, 6.07) is 7.98. The van der Waals surface area contributed by atoms with E-state index in [1.54, 1.807) is 0 Å². The maximum Gasteiger partial charge on any atom is 0.220 e. The van der Waals surface area contributed by atoms with Gasteiger partial charge in [-0.2, -0.15) is 11.8 Å². The Labute approximate surface area is 119 Å². The summed E-state index contributed by atoms with van der Waals surface area (Å²) in [5, 5.41) is 0.727. The Hall–Kier alpha value is -0.410. The van der Waals surface area contributed by atoms with Crippen LogP contribution in [0.4, 0.5) is 0 Å². The molecule has 1 aromatic carbocycles. The molecule has 0 fully saturated rings. The van der Waals surface area contributed by atoms with Crippen molar-refractivity contribution in [3.8, 4) is 0 Å². The smallest absolute Gasteiger partial charge is 0.220 e. The lowest BCUT2D eigenvalue weighted by atomic mass is 10.0. The summed E-state index contributed by atoms with van der Waals surface area (Å²) < 4.78 is -0.0324. The first-order valence-electron chi connectivity index (χ1n) is 6.17. The van der Waals surface area contributed by atoms with Gasteiger partial charge < -0.3 is 0 Å². The minimum absolute atomic E-state index is 0.0324. The topological polar surface area (TPSA) is 17.1 Å². The molecule has 0 N–H and O–H groups in total. The molecule has 0 aliphatic rings. The molecule has 0 spiro atoms. The monoisotopic (exact) mass is 282 g/mol. The first-order valence-corrected chi connectivity index (χ1v) is 8.28. The average molecular weight is 282 g/mol. The number of hydrogen-bond acceptors (Lipinski definition) is 3. The van der Waals surface area contributed by atoms with E-state index in [0.717, 1.165) is 12.0 Å². The Bertz CT molecular complexity index is 407. The first-order chi connectivity index (χ1) is 8.33. The van der Waals surface area contributed by atoms with Gasteiger partial charge in [0.25, 0.3) is 0 Å². The minimum atomic E-state index is -0.0324. The zero-order valence-corrected chi connectivity index (χ0v) is 13.5. The standard InChI is InChI=1S/C15H22OS2/c1-11(17-5)10-12-8-6-7-9-13(12)14(16)18-15(2,3)4/h6-9,11H,10H2,1-5H3. The molecular formula is C15H22OS2. The molecule has 0 saturated heterocycles. The van der Waals surface area contributed by atoms with Crippen molar-refractivity contribution in [2.75, 3.05) is 6.26 Å². The molecule has 100 valence electrons. The second kappa shape index (κ2) is 6.67. The normalized spacial score (nSPS) is 13.4. The van der Waals surface area contributed by atoms with Gasteiger partial charge in [0, 0.05) is 15.6 Å². The lowest BCUT2D eigenvalue weighted by Gasteiger charge is -2.18. The number of hydrogen-bond donors (Lipinski definition) is 0. The van der Waals surface area contributed by atoms with Crippen molar-refractivity contribution in [2.24, 2.45) is 0 Å². The van der Waals surface area contributed by atoms with Crippen LogP contribution in [0.25, 0.3) is 0 Å². The lowest BCUT2D eigenvalue weighted by molar-refractivity contribution is 0.108. The van der Waals surface area contributed by atoms with Gasteiger partial charge in [-0.05, 0) is 18.2 Å². The molecule has 1 nitrogen and oxygen atoms in total. The molecule has 1 atom stereocenters. The van der Waals surface area contributed by atoms with E-state index < -0.39 is 0 Å². The predicted octanol–water partition coefficient (Wildman–Crippen LogP) is 4.65. The second-order valence-electron chi connectivity index (χ2n) is 5.41. The second-order valence-corrected chi connectivity index (χ2v) is 8.49. The molecule has 1 unspecified atom stereocenters. The molecule has 18 heavy (non-hydrogen) atoms. The van der Waals surface area contributed by atoms with Crippen LogP contribution in [0.1, 0.15) is 43.6 Å². The number of benzene rings is 1. The summed E-state index contributed by atoms with van der Waals surface area (Å²) in [5.74, 6) is 0. The zero-order chi connectivity index (χ0) is 13.8. The molecule has 0 amide bonds. The third-order valence-corrected chi connectivity index (χ3v) is 4.53. The van der Waals surface area contributed by atoms with E-state index in [-0.39, 0.29) is 9.86 Å². The Morgan fingerprint density at radius 1 is 1.28 bits per heavy atom. The maximum atomic E-state index is 12.3. The van der Waals surface area contributed by atoms with Gasteiger partial charge in [-0.25, -0.2) is 0 Å². The van der Waals surface area contributed by atoms with Crippen LogP contribution in [0.15, 0.2) is 24.3 Å². The molecular weight excluding hydrogens is 260 g/mol. The van der Waals surface area contributed by atoms with Crippen LogP contribution < -0.4 is 0 Å². The van der Waals surface area contributed by atoms with Gasteiger partial charge in [0.05, 0.1) is 0 Å². The van der Waals surface area contributed by atoms with Crippen LogP contribution >= 0.6 is 23.5 Å². The molecule has 1 aromatic rings. The van der Waals surface area contributed by atoms with E-state index in [2.05, 4.69) is 40.0 Å². The molecule has 0 saturated carbocycles. The quantitative estimate of drug-likeness (QED) is 0.800. The number of carbonyl (C=O) groups is 1. The van der Waals surface area contributed by atoms with Gasteiger partial charge in [-0.15, -0.1) is 0 Å². The summed E-state index contributed by atoms with van der Waals surface area (Å²) in [6.07, 6.45) is 3.06. The van der Waals surface area contributed by atoms with Crippen LogP contribution in [-0.2, 0) is 6.42 Å². The van der Waals surface area contributed by atoms with Crippen LogP contribution in [0.2, 0.25) is 0 Å². The molecule has 0 heterocycles. The highest BCUT2D eigenvalue weighted by Crippen LogP contribution is 2.29. The fourth-order valence-electron chi connectivity index (χ4n) is 1.62. The van der Waals surface area contributed by atoms with Crippen molar-refractivity contribution in [2.45, 2.75) is 44.1 Å². The number of thioether (sulfide) groups is 2. The SMILES string of the molecule is CSC(C)Cc1ccccc1C(=O)SC(C)(C)C. The molecule has 0 radical (unpaired) electrons. The van der Waals surface area contributed by atoms with Crippen LogP contribution in [-0.4, -0.2) is 21.4 Å². The Balaban J connectivity index is 2.91. The highest BCUT2D eigenvalue weighted by Gasteiger charge is 2.20. The van der Waals surface area contributed by atoms with Crippen molar-refractivity contribution < 1.29 is 4.79 Å². The number of rotatable bonds is 4. The third kappa shape index (κ3) is 5.07. The van der Waals surface area contributed by atoms with Gasteiger partial charge in [-0.3, -0.25) is 4.79 Å². The fourth-order valence-corrected chi connectivity index (χ4v) is 2.84. The molecule has 1 rings (SSSR count). The van der Waals surface area contributed by atoms with E-state index >= 15 is 0 Å². The summed E-state index contributed by atoms with van der Waals surface area (Å²) in [6.45, 7) is 8.41. The lowest BCUT2D eigenvalue weighted by Crippen LogP contribution is -2.14. The molecule has 0 aliphatic heterocycles. The van der Waals surface area contributed by atoms with Crippen molar-refractivity contribution in [1.29, 1.82) is 0 Å². The largest absolute Gasteiger partial charge is 0.282 e. The van der Waals surface area contributed by atoms with E-state index in [0.29, 0.717) is 5.25 Å². The van der Waals surface area contributed by atoms with Crippen molar-refractivity contribution in [3.63, 3.8) is 0 Å².